The molecule has 0 radical (unpaired) electrons. The molecular weight excluding hydrogens is 220 g/mol. The summed E-state index contributed by atoms with van der Waals surface area (Å²) in [6, 6.07) is 13.2. The summed E-state index contributed by atoms with van der Waals surface area (Å²) in [5, 5.41) is 13.0. The molecule has 96 valence electrons. The zero-order valence-corrected chi connectivity index (χ0v) is 11.3. The largest absolute Gasteiger partial charge is 0.314 e. The SMILES string of the molecule is CC(C)CCNC1CC(C#N)(c2ccccc2)C1. The molecule has 0 saturated heterocycles. The van der Waals surface area contributed by atoms with Crippen molar-refractivity contribution in [3.05, 3.63) is 35.9 Å². The Balaban J connectivity index is 1.87. The Bertz CT molecular complexity index is 410. The van der Waals surface area contributed by atoms with Gasteiger partial charge in [0, 0.05) is 6.04 Å². The number of hydrogen-bond acceptors (Lipinski definition) is 2. The van der Waals surface area contributed by atoms with Crippen molar-refractivity contribution in [2.75, 3.05) is 6.54 Å². The first-order valence-electron chi connectivity index (χ1n) is 6.86. The van der Waals surface area contributed by atoms with Gasteiger partial charge in [-0.1, -0.05) is 44.2 Å². The van der Waals surface area contributed by atoms with Gasteiger partial charge >= 0.3 is 0 Å². The predicted molar refractivity (Wildman–Crippen MR) is 74.2 cm³/mol. The molecule has 18 heavy (non-hydrogen) atoms. The Hall–Kier alpha value is -1.33. The van der Waals surface area contributed by atoms with Gasteiger partial charge in [0.2, 0.25) is 0 Å². The van der Waals surface area contributed by atoms with Crippen molar-refractivity contribution in [2.24, 2.45) is 5.92 Å². The molecule has 1 aliphatic rings. The van der Waals surface area contributed by atoms with Gasteiger partial charge in [0.15, 0.2) is 0 Å². The smallest absolute Gasteiger partial charge is 0.0852 e. The van der Waals surface area contributed by atoms with Gasteiger partial charge in [-0.15, -0.1) is 0 Å². The first kappa shape index (κ1) is 13.1. The quantitative estimate of drug-likeness (QED) is 0.860. The maximum absolute atomic E-state index is 9.44. The highest BCUT2D eigenvalue weighted by atomic mass is 14.9. The normalized spacial score (nSPS) is 26.7. The summed E-state index contributed by atoms with van der Waals surface area (Å²) in [6.45, 7) is 5.55. The van der Waals surface area contributed by atoms with E-state index in [0.29, 0.717) is 6.04 Å². The molecule has 1 saturated carbocycles. The van der Waals surface area contributed by atoms with Crippen molar-refractivity contribution in [1.82, 2.24) is 5.32 Å². The molecule has 0 aromatic heterocycles. The molecule has 1 aliphatic carbocycles. The average Bonchev–Trinajstić information content (AvgIpc) is 2.33. The summed E-state index contributed by atoms with van der Waals surface area (Å²) in [5.41, 5.74) is 0.936. The summed E-state index contributed by atoms with van der Waals surface area (Å²) in [4.78, 5) is 0. The fraction of sp³-hybridized carbons (Fsp3) is 0.562. The van der Waals surface area contributed by atoms with E-state index in [9.17, 15) is 5.26 Å². The Labute approximate surface area is 110 Å². The summed E-state index contributed by atoms with van der Waals surface area (Å²) in [6.07, 6.45) is 3.11. The molecule has 2 rings (SSSR count). The molecule has 0 spiro atoms. The standard InChI is InChI=1S/C16H22N2/c1-13(2)8-9-18-15-10-16(11-15,12-17)14-6-4-3-5-7-14/h3-7,13,15,18H,8-11H2,1-2H3. The number of nitriles is 1. The highest BCUT2D eigenvalue weighted by molar-refractivity contribution is 5.36. The summed E-state index contributed by atoms with van der Waals surface area (Å²) in [7, 11) is 0. The van der Waals surface area contributed by atoms with E-state index in [-0.39, 0.29) is 5.41 Å². The highest BCUT2D eigenvalue weighted by Gasteiger charge is 2.45. The van der Waals surface area contributed by atoms with E-state index in [1.807, 2.05) is 18.2 Å². The van der Waals surface area contributed by atoms with E-state index in [2.05, 4.69) is 37.4 Å². The minimum atomic E-state index is -0.239. The molecule has 0 aliphatic heterocycles. The van der Waals surface area contributed by atoms with Crippen LogP contribution in [0, 0.1) is 17.2 Å². The van der Waals surface area contributed by atoms with Crippen LogP contribution in [0.3, 0.4) is 0 Å². The van der Waals surface area contributed by atoms with Crippen LogP contribution < -0.4 is 5.32 Å². The lowest BCUT2D eigenvalue weighted by Gasteiger charge is -2.43. The maximum atomic E-state index is 9.44. The molecule has 2 heteroatoms. The average molecular weight is 242 g/mol. The molecule has 1 fully saturated rings. The molecular formula is C16H22N2. The number of nitrogens with one attached hydrogen (secondary N) is 1. The minimum absolute atomic E-state index is 0.239. The lowest BCUT2D eigenvalue weighted by molar-refractivity contribution is 0.224. The van der Waals surface area contributed by atoms with Crippen LogP contribution in [0.15, 0.2) is 30.3 Å². The van der Waals surface area contributed by atoms with Crippen molar-refractivity contribution in [3.8, 4) is 6.07 Å². The van der Waals surface area contributed by atoms with Crippen LogP contribution in [0.1, 0.15) is 38.7 Å². The predicted octanol–water partition coefficient (Wildman–Crippen LogP) is 3.25. The van der Waals surface area contributed by atoms with Crippen molar-refractivity contribution >= 4 is 0 Å². The molecule has 1 N–H and O–H groups in total. The number of nitrogens with zero attached hydrogens (tertiary/aromatic N) is 1. The van der Waals surface area contributed by atoms with Gasteiger partial charge in [0.05, 0.1) is 11.5 Å². The van der Waals surface area contributed by atoms with Crippen molar-refractivity contribution in [1.29, 1.82) is 5.26 Å². The third-order valence-corrected chi connectivity index (χ3v) is 3.88. The van der Waals surface area contributed by atoms with Crippen LogP contribution in [-0.4, -0.2) is 12.6 Å². The maximum Gasteiger partial charge on any atom is 0.0852 e. The number of benzene rings is 1. The molecule has 2 nitrogen and oxygen atoms in total. The van der Waals surface area contributed by atoms with Crippen LogP contribution in [0.2, 0.25) is 0 Å². The van der Waals surface area contributed by atoms with Crippen LogP contribution in [0.5, 0.6) is 0 Å². The first-order valence-corrected chi connectivity index (χ1v) is 6.86. The second kappa shape index (κ2) is 5.54. The first-order chi connectivity index (χ1) is 8.66. The van der Waals surface area contributed by atoms with Gasteiger partial charge in [0.1, 0.15) is 0 Å². The molecule has 1 aromatic rings. The monoisotopic (exact) mass is 242 g/mol. The van der Waals surface area contributed by atoms with Gasteiger partial charge in [-0.25, -0.2) is 0 Å². The Kier molecular flexibility index (Phi) is 4.04. The lowest BCUT2D eigenvalue weighted by atomic mass is 9.62. The van der Waals surface area contributed by atoms with Gasteiger partial charge in [-0.05, 0) is 37.3 Å². The number of hydrogen-bond donors (Lipinski definition) is 1. The van der Waals surface area contributed by atoms with Crippen LogP contribution >= 0.6 is 0 Å². The van der Waals surface area contributed by atoms with Gasteiger partial charge in [-0.3, -0.25) is 0 Å². The fourth-order valence-corrected chi connectivity index (χ4v) is 2.65. The summed E-state index contributed by atoms with van der Waals surface area (Å²) >= 11 is 0. The van der Waals surface area contributed by atoms with Gasteiger partial charge < -0.3 is 5.32 Å². The molecule has 0 unspecified atom stereocenters. The van der Waals surface area contributed by atoms with Crippen molar-refractivity contribution < 1.29 is 0 Å². The summed E-state index contributed by atoms with van der Waals surface area (Å²) in [5.74, 6) is 0.743. The van der Waals surface area contributed by atoms with E-state index in [4.69, 9.17) is 0 Å². The molecule has 0 amide bonds. The van der Waals surface area contributed by atoms with E-state index in [1.54, 1.807) is 0 Å². The van der Waals surface area contributed by atoms with Gasteiger partial charge in [0.25, 0.3) is 0 Å². The van der Waals surface area contributed by atoms with Crippen LogP contribution in [0.25, 0.3) is 0 Å². The summed E-state index contributed by atoms with van der Waals surface area (Å²) < 4.78 is 0. The lowest BCUT2D eigenvalue weighted by Crippen LogP contribution is -2.51. The second-order valence-corrected chi connectivity index (χ2v) is 5.80. The van der Waals surface area contributed by atoms with E-state index in [0.717, 1.165) is 25.3 Å². The van der Waals surface area contributed by atoms with E-state index >= 15 is 0 Å². The van der Waals surface area contributed by atoms with Crippen molar-refractivity contribution in [3.63, 3.8) is 0 Å². The van der Waals surface area contributed by atoms with Crippen LogP contribution in [0.4, 0.5) is 0 Å². The minimum Gasteiger partial charge on any atom is -0.314 e. The topological polar surface area (TPSA) is 35.8 Å². The zero-order valence-electron chi connectivity index (χ0n) is 11.3. The van der Waals surface area contributed by atoms with E-state index in [1.165, 1.54) is 12.0 Å². The third kappa shape index (κ3) is 2.73. The second-order valence-electron chi connectivity index (χ2n) is 5.80. The molecule has 0 atom stereocenters. The van der Waals surface area contributed by atoms with Crippen molar-refractivity contribution in [2.45, 2.75) is 44.6 Å². The number of rotatable bonds is 5. The van der Waals surface area contributed by atoms with Gasteiger partial charge in [-0.2, -0.15) is 5.26 Å². The fourth-order valence-electron chi connectivity index (χ4n) is 2.65. The Morgan fingerprint density at radius 2 is 2.00 bits per heavy atom. The third-order valence-electron chi connectivity index (χ3n) is 3.88. The van der Waals surface area contributed by atoms with Crippen LogP contribution in [-0.2, 0) is 5.41 Å². The Morgan fingerprint density at radius 3 is 2.56 bits per heavy atom. The molecule has 0 bridgehead atoms. The molecule has 0 heterocycles. The molecule has 1 aromatic carbocycles. The van der Waals surface area contributed by atoms with E-state index < -0.39 is 0 Å². The Morgan fingerprint density at radius 1 is 1.33 bits per heavy atom. The zero-order chi connectivity index (χ0) is 13.0. The highest BCUT2D eigenvalue weighted by Crippen LogP contribution is 2.43.